The summed E-state index contributed by atoms with van der Waals surface area (Å²) in [7, 11) is 0. The van der Waals surface area contributed by atoms with Crippen LogP contribution in [0.5, 0.6) is 0 Å². The van der Waals surface area contributed by atoms with Gasteiger partial charge in [0.2, 0.25) is 0 Å². The lowest BCUT2D eigenvalue weighted by Gasteiger charge is -2.57. The number of hydrogen-bond donors (Lipinski definition) is 0. The molecule has 0 radical (unpaired) electrons. The topological polar surface area (TPSA) is 61.7 Å². The third kappa shape index (κ3) is 4.93. The summed E-state index contributed by atoms with van der Waals surface area (Å²) in [4.78, 5) is 17.0. The monoisotopic (exact) mass is 845 g/mol. The van der Waals surface area contributed by atoms with Gasteiger partial charge in [-0.15, -0.1) is 0 Å². The van der Waals surface area contributed by atoms with Crippen molar-refractivity contribution in [2.24, 2.45) is 35.5 Å². The normalized spacial score (nSPS) is 28.9. The van der Waals surface area contributed by atoms with Gasteiger partial charge in [0.1, 0.15) is 22.8 Å². The van der Waals surface area contributed by atoms with Gasteiger partial charge < -0.3 is 13.6 Å². The zero-order valence-electron chi connectivity index (χ0n) is 36.7. The Morgan fingerprint density at radius 1 is 0.415 bits per heavy atom. The molecular weight excluding hydrogens is 795 g/mol. The van der Waals surface area contributed by atoms with Crippen LogP contribution in [-0.4, -0.2) is 24.1 Å². The van der Waals surface area contributed by atoms with Crippen molar-refractivity contribution >= 4 is 65.6 Å². The maximum absolute atomic E-state index is 7.04. The number of furan rings is 1. The highest BCUT2D eigenvalue weighted by Gasteiger charge is 2.56. The lowest BCUT2D eigenvalue weighted by molar-refractivity contribution is -0.0155. The lowest BCUT2D eigenvalue weighted by Crippen LogP contribution is -2.51. The second kappa shape index (κ2) is 12.7. The van der Waals surface area contributed by atoms with Crippen molar-refractivity contribution in [1.29, 1.82) is 0 Å². The summed E-state index contributed by atoms with van der Waals surface area (Å²) < 4.78 is 12.0. The zero-order valence-corrected chi connectivity index (χ0v) is 36.7. The minimum absolute atomic E-state index is 0.110. The van der Waals surface area contributed by atoms with E-state index in [9.17, 15) is 0 Å². The summed E-state index contributed by atoms with van der Waals surface area (Å²) in [6, 6.07) is 46.5. The molecule has 10 aromatic rings. The summed E-state index contributed by atoms with van der Waals surface area (Å²) in [6.45, 7) is 0. The fourth-order valence-electron chi connectivity index (χ4n) is 16.5. The first-order chi connectivity index (χ1) is 32.0. The number of rotatable bonds is 5. The van der Waals surface area contributed by atoms with Gasteiger partial charge in [-0.05, 0) is 167 Å². The Hall–Kier alpha value is -6.27. The number of fused-ring (bicyclic) bond motifs is 12. The van der Waals surface area contributed by atoms with Crippen LogP contribution in [0.1, 0.15) is 88.7 Å². The fourth-order valence-corrected chi connectivity index (χ4v) is 16.5. The average molecular weight is 846 g/mol. The summed E-state index contributed by atoms with van der Waals surface area (Å²) in [5.41, 5.74) is 10.1. The van der Waals surface area contributed by atoms with Crippen molar-refractivity contribution in [2.45, 2.75) is 87.9 Å². The Balaban J connectivity index is 0.935. The molecule has 0 spiro atoms. The highest BCUT2D eigenvalue weighted by Crippen LogP contribution is 2.63. The third-order valence-electron chi connectivity index (χ3n) is 18.1. The Labute approximate surface area is 377 Å². The fraction of sp³-hybridized carbons (Fsp3) is 0.339. The predicted octanol–water partition coefficient (Wildman–Crippen LogP) is 14.6. The van der Waals surface area contributed by atoms with Crippen molar-refractivity contribution in [3.8, 4) is 22.8 Å². The van der Waals surface area contributed by atoms with Crippen LogP contribution >= 0.6 is 0 Å². The molecule has 8 saturated carbocycles. The van der Waals surface area contributed by atoms with E-state index in [-0.39, 0.29) is 10.8 Å². The first-order valence-electron chi connectivity index (χ1n) is 24.8. The molecule has 6 aromatic carbocycles. The number of para-hydroxylation sites is 4. The van der Waals surface area contributed by atoms with Crippen LogP contribution < -0.4 is 0 Å². The molecule has 8 aliphatic carbocycles. The van der Waals surface area contributed by atoms with Crippen LogP contribution in [0.25, 0.3) is 88.3 Å². The maximum Gasteiger partial charge on any atom is 0.163 e. The molecule has 18 rings (SSSR count). The van der Waals surface area contributed by atoms with E-state index >= 15 is 0 Å². The van der Waals surface area contributed by atoms with E-state index in [1.807, 2.05) is 0 Å². The zero-order chi connectivity index (χ0) is 42.2. The van der Waals surface area contributed by atoms with Crippen molar-refractivity contribution in [1.82, 2.24) is 24.1 Å². The third-order valence-corrected chi connectivity index (χ3v) is 18.1. The molecule has 8 bridgehead atoms. The molecular formula is C59H51N5O. The molecule has 6 heteroatoms. The number of hydrogen-bond acceptors (Lipinski definition) is 4. The Kier molecular flexibility index (Phi) is 7.06. The minimum atomic E-state index is 0.110. The molecule has 4 aromatic heterocycles. The molecule has 8 fully saturated rings. The van der Waals surface area contributed by atoms with Crippen molar-refractivity contribution < 1.29 is 4.42 Å². The molecule has 0 unspecified atom stereocenters. The van der Waals surface area contributed by atoms with Crippen LogP contribution in [0.2, 0.25) is 0 Å². The number of benzene rings is 6. The molecule has 0 amide bonds. The highest BCUT2D eigenvalue weighted by molar-refractivity contribution is 6.39. The first-order valence-corrected chi connectivity index (χ1v) is 24.8. The van der Waals surface area contributed by atoms with Crippen LogP contribution in [0.3, 0.4) is 0 Å². The van der Waals surface area contributed by atoms with Crippen molar-refractivity contribution in [2.75, 3.05) is 0 Å². The summed E-state index contributed by atoms with van der Waals surface area (Å²) in [5.74, 6) is 8.20. The van der Waals surface area contributed by atoms with Crippen molar-refractivity contribution in [3.05, 3.63) is 139 Å². The Bertz CT molecular complexity index is 3490. The van der Waals surface area contributed by atoms with Crippen LogP contribution in [-0.2, 0) is 10.8 Å². The molecule has 0 aliphatic heterocycles. The quantitative estimate of drug-likeness (QED) is 0.173. The largest absolute Gasteiger partial charge is 0.455 e. The van der Waals surface area contributed by atoms with Gasteiger partial charge in [0, 0.05) is 49.3 Å². The molecule has 65 heavy (non-hydrogen) atoms. The molecule has 0 N–H and O–H groups in total. The lowest BCUT2D eigenvalue weighted by atomic mass is 9.49. The summed E-state index contributed by atoms with van der Waals surface area (Å²) >= 11 is 0. The van der Waals surface area contributed by atoms with Gasteiger partial charge in [-0.25, -0.2) is 15.0 Å². The molecule has 4 heterocycles. The van der Waals surface area contributed by atoms with E-state index in [1.54, 1.807) is 0 Å². The van der Waals surface area contributed by atoms with Gasteiger partial charge in [0.15, 0.2) is 5.82 Å². The van der Waals surface area contributed by atoms with Gasteiger partial charge in [-0.1, -0.05) is 72.8 Å². The second-order valence-electron chi connectivity index (χ2n) is 22.0. The molecule has 0 atom stereocenters. The SMILES string of the molecule is c1ccc(-n2c3ccccc3c3c4c(c5ccccc5n4-c4ccc(-c5nc(C67CC8CC(CC(C8)C6)C7)nc(C67CC8CC(CC(C8)C6)C7)n5)cc4)c4oc5ccccc5c4c32)cc1. The van der Waals surface area contributed by atoms with Gasteiger partial charge >= 0.3 is 0 Å². The maximum atomic E-state index is 7.04. The highest BCUT2D eigenvalue weighted by atomic mass is 16.3. The minimum Gasteiger partial charge on any atom is -0.455 e. The van der Waals surface area contributed by atoms with Crippen LogP contribution in [0, 0.1) is 35.5 Å². The molecule has 0 saturated heterocycles. The Morgan fingerprint density at radius 2 is 0.846 bits per heavy atom. The van der Waals surface area contributed by atoms with E-state index in [4.69, 9.17) is 19.4 Å². The van der Waals surface area contributed by atoms with E-state index < -0.39 is 0 Å². The summed E-state index contributed by atoms with van der Waals surface area (Å²) in [5, 5.41) is 7.08. The van der Waals surface area contributed by atoms with Gasteiger partial charge in [0.05, 0.1) is 32.8 Å². The van der Waals surface area contributed by atoms with Crippen LogP contribution in [0.4, 0.5) is 0 Å². The molecule has 318 valence electrons. The van der Waals surface area contributed by atoms with Gasteiger partial charge in [0.25, 0.3) is 0 Å². The standard InChI is InChI=1S/C59H51N5O/c1-2-10-41(11-3-1)63-46-15-7-4-12-43(46)49-52-50(54-51(53(49)63)45-14-6-9-17-48(45)65-54)44-13-5-8-16-47(44)64(52)42-20-18-40(19-21-42)55-60-56(58-28-34-22-35(29-58)24-36(23-34)30-58)62-57(61-55)59-31-37-25-38(32-59)27-39(26-37)33-59/h1-21,34-39H,22-33H2. The van der Waals surface area contributed by atoms with E-state index in [2.05, 4.69) is 137 Å². The number of aromatic nitrogens is 5. The van der Waals surface area contributed by atoms with Crippen molar-refractivity contribution in [3.63, 3.8) is 0 Å². The van der Waals surface area contributed by atoms with Crippen LogP contribution in [0.15, 0.2) is 132 Å². The summed E-state index contributed by atoms with van der Waals surface area (Å²) in [6.07, 6.45) is 16.1. The van der Waals surface area contributed by atoms with E-state index in [0.29, 0.717) is 0 Å². The van der Waals surface area contributed by atoms with E-state index in [1.165, 1.54) is 110 Å². The molecule has 8 aliphatic rings. The average Bonchev–Trinajstić information content (AvgIpc) is 3.99. The predicted molar refractivity (Wildman–Crippen MR) is 261 cm³/mol. The number of nitrogens with zero attached hydrogens (tertiary/aromatic N) is 5. The van der Waals surface area contributed by atoms with Gasteiger partial charge in [-0.3, -0.25) is 0 Å². The Morgan fingerprint density at radius 3 is 1.38 bits per heavy atom. The first kappa shape index (κ1) is 36.0. The second-order valence-corrected chi connectivity index (χ2v) is 22.0. The molecule has 6 nitrogen and oxygen atoms in total. The van der Waals surface area contributed by atoms with E-state index in [0.717, 1.165) is 103 Å². The smallest absolute Gasteiger partial charge is 0.163 e. The van der Waals surface area contributed by atoms with Gasteiger partial charge in [-0.2, -0.15) is 0 Å².